The largest absolute Gasteiger partial charge is 0.494 e. The molecular formula is C25H24F4N4O. The van der Waals surface area contributed by atoms with E-state index in [0.717, 1.165) is 25.5 Å². The van der Waals surface area contributed by atoms with Crippen LogP contribution in [0.2, 0.25) is 0 Å². The molecule has 1 saturated carbocycles. The quantitative estimate of drug-likeness (QED) is 0.416. The van der Waals surface area contributed by atoms with Crippen LogP contribution in [0, 0.1) is 35.1 Å². The molecule has 0 spiro atoms. The third-order valence-corrected chi connectivity index (χ3v) is 6.82. The number of nitrogens with two attached hydrogens (primary N) is 1. The lowest BCUT2D eigenvalue weighted by atomic mass is 9.92. The molecule has 1 aromatic heterocycles. The number of rotatable bonds is 6. The molecule has 34 heavy (non-hydrogen) atoms. The fourth-order valence-electron chi connectivity index (χ4n) is 5.33. The highest BCUT2D eigenvalue weighted by Gasteiger charge is 2.46. The number of benzene rings is 2. The number of hydrogen-bond acceptors (Lipinski definition) is 5. The molecule has 4 atom stereocenters. The summed E-state index contributed by atoms with van der Waals surface area (Å²) in [4.78, 5) is 2.16. The average molecular weight is 472 g/mol. The summed E-state index contributed by atoms with van der Waals surface area (Å²) in [6, 6.07) is 10.8. The summed E-state index contributed by atoms with van der Waals surface area (Å²) in [6.45, 7) is 1.20. The number of ether oxygens (including phenoxy) is 1. The molecule has 2 fully saturated rings. The number of hydrogen-bond donors (Lipinski definition) is 1. The van der Waals surface area contributed by atoms with Crippen molar-refractivity contribution in [1.29, 1.82) is 0 Å². The van der Waals surface area contributed by atoms with E-state index < -0.39 is 17.5 Å². The Kier molecular flexibility index (Phi) is 6.12. The maximum atomic E-state index is 14.2. The number of anilines is 1. The molecule has 1 aliphatic carbocycles. The zero-order valence-corrected chi connectivity index (χ0v) is 18.3. The summed E-state index contributed by atoms with van der Waals surface area (Å²) < 4.78 is 60.3. The normalized spacial score (nSPS) is 23.9. The van der Waals surface area contributed by atoms with Gasteiger partial charge in [-0.2, -0.15) is 0 Å². The number of aromatic nitrogens is 2. The summed E-state index contributed by atoms with van der Waals surface area (Å²) in [5, 5.41) is 8.32. The Hall–Kier alpha value is -3.20. The van der Waals surface area contributed by atoms with Gasteiger partial charge in [0.25, 0.3) is 0 Å². The summed E-state index contributed by atoms with van der Waals surface area (Å²) in [7, 11) is 0. The molecule has 2 aromatic carbocycles. The second-order valence-corrected chi connectivity index (χ2v) is 8.99. The van der Waals surface area contributed by atoms with E-state index in [1.165, 1.54) is 18.2 Å². The van der Waals surface area contributed by atoms with E-state index in [-0.39, 0.29) is 29.2 Å². The van der Waals surface area contributed by atoms with Crippen LogP contribution in [-0.2, 0) is 0 Å². The van der Waals surface area contributed by atoms with Gasteiger partial charge in [0.15, 0.2) is 17.5 Å². The van der Waals surface area contributed by atoms with Crippen molar-refractivity contribution in [2.24, 2.45) is 17.6 Å². The Morgan fingerprint density at radius 3 is 2.47 bits per heavy atom. The molecule has 0 amide bonds. The zero-order valence-electron chi connectivity index (χ0n) is 18.3. The van der Waals surface area contributed by atoms with Crippen LogP contribution in [0.3, 0.4) is 0 Å². The van der Waals surface area contributed by atoms with Gasteiger partial charge >= 0.3 is 0 Å². The van der Waals surface area contributed by atoms with E-state index >= 15 is 0 Å². The lowest BCUT2D eigenvalue weighted by molar-refractivity contribution is 0.276. The molecule has 1 saturated heterocycles. The first-order valence-corrected chi connectivity index (χ1v) is 11.3. The molecule has 3 aromatic rings. The second-order valence-electron chi connectivity index (χ2n) is 8.99. The van der Waals surface area contributed by atoms with E-state index in [0.29, 0.717) is 42.5 Å². The fourth-order valence-corrected chi connectivity index (χ4v) is 5.33. The Bertz CT molecular complexity index is 1160. The fraction of sp³-hybridized carbons (Fsp3) is 0.360. The van der Waals surface area contributed by atoms with Crippen LogP contribution in [0.15, 0.2) is 48.5 Å². The predicted molar refractivity (Wildman–Crippen MR) is 119 cm³/mol. The highest BCUT2D eigenvalue weighted by atomic mass is 19.2. The first-order chi connectivity index (χ1) is 16.4. The lowest BCUT2D eigenvalue weighted by Crippen LogP contribution is -2.36. The Morgan fingerprint density at radius 1 is 0.941 bits per heavy atom. The molecule has 5 nitrogen and oxygen atoms in total. The molecule has 9 heteroatoms. The van der Waals surface area contributed by atoms with Gasteiger partial charge in [-0.3, -0.25) is 0 Å². The van der Waals surface area contributed by atoms with Crippen LogP contribution in [0.5, 0.6) is 5.75 Å². The smallest absolute Gasteiger partial charge is 0.168 e. The van der Waals surface area contributed by atoms with Gasteiger partial charge in [0.2, 0.25) is 0 Å². The van der Waals surface area contributed by atoms with Crippen molar-refractivity contribution in [1.82, 2.24) is 10.2 Å². The van der Waals surface area contributed by atoms with Gasteiger partial charge in [0, 0.05) is 36.7 Å². The summed E-state index contributed by atoms with van der Waals surface area (Å²) in [6.07, 6.45) is 2.54. The van der Waals surface area contributed by atoms with E-state index in [4.69, 9.17) is 10.5 Å². The van der Waals surface area contributed by atoms with Crippen LogP contribution in [0.25, 0.3) is 11.3 Å². The lowest BCUT2D eigenvalue weighted by Gasteiger charge is -2.29. The molecular weight excluding hydrogens is 448 g/mol. The minimum atomic E-state index is -1.27. The standard InChI is InChI=1S/C25H24F4N4O/c26-15-1-3-18(4-2-15)34-8-7-23-19-12-17(30)9-14(19)13-33(23)24-6-5-22(31-32-24)20-10-16(27)11-21(28)25(20)29/h1-6,10-11,14,17,19,23H,7-9,12-13,30H2/t14-,17+,19+,23+/m1/s1. The van der Waals surface area contributed by atoms with E-state index in [9.17, 15) is 17.6 Å². The van der Waals surface area contributed by atoms with E-state index in [1.807, 2.05) is 0 Å². The Morgan fingerprint density at radius 2 is 1.74 bits per heavy atom. The molecule has 2 N–H and O–H groups in total. The molecule has 0 radical (unpaired) electrons. The molecule has 2 heterocycles. The summed E-state index contributed by atoms with van der Waals surface area (Å²) in [5.74, 6) is -1.64. The van der Waals surface area contributed by atoms with Gasteiger partial charge in [0.1, 0.15) is 17.4 Å². The molecule has 0 unspecified atom stereocenters. The molecule has 0 bridgehead atoms. The summed E-state index contributed by atoms with van der Waals surface area (Å²) in [5.41, 5.74) is 6.00. The molecule has 5 rings (SSSR count). The van der Waals surface area contributed by atoms with Gasteiger partial charge in [-0.1, -0.05) is 0 Å². The minimum absolute atomic E-state index is 0.0530. The number of halogens is 4. The first-order valence-electron chi connectivity index (χ1n) is 11.3. The molecule has 178 valence electrons. The van der Waals surface area contributed by atoms with Crippen LogP contribution in [0.4, 0.5) is 23.4 Å². The van der Waals surface area contributed by atoms with Gasteiger partial charge in [0.05, 0.1) is 12.3 Å². The zero-order chi connectivity index (χ0) is 23.8. The monoisotopic (exact) mass is 472 g/mol. The molecule has 1 aliphatic heterocycles. The van der Waals surface area contributed by atoms with Crippen molar-refractivity contribution in [3.05, 3.63) is 71.8 Å². The van der Waals surface area contributed by atoms with Crippen molar-refractivity contribution in [2.45, 2.75) is 31.3 Å². The van der Waals surface area contributed by atoms with Gasteiger partial charge in [-0.05, 0) is 67.1 Å². The third-order valence-electron chi connectivity index (χ3n) is 6.82. The van der Waals surface area contributed by atoms with Crippen LogP contribution >= 0.6 is 0 Å². The molecule has 2 aliphatic rings. The first kappa shape index (κ1) is 22.6. The topological polar surface area (TPSA) is 64.3 Å². The number of nitrogens with zero attached hydrogens (tertiary/aromatic N) is 3. The SMILES string of the molecule is N[C@H]1C[C@@H]2CN(c3ccc(-c4cc(F)cc(F)c4F)nn3)[C@@H](CCOc3ccc(F)cc3)[C@H]2C1. The van der Waals surface area contributed by atoms with Crippen molar-refractivity contribution in [3.63, 3.8) is 0 Å². The van der Waals surface area contributed by atoms with Gasteiger partial charge < -0.3 is 15.4 Å². The van der Waals surface area contributed by atoms with Crippen molar-refractivity contribution >= 4 is 5.82 Å². The third kappa shape index (κ3) is 4.44. The van der Waals surface area contributed by atoms with E-state index in [2.05, 4.69) is 15.1 Å². The van der Waals surface area contributed by atoms with Crippen LogP contribution in [-0.4, -0.2) is 35.4 Å². The van der Waals surface area contributed by atoms with Crippen molar-refractivity contribution in [2.75, 3.05) is 18.1 Å². The Balaban J connectivity index is 1.34. The highest BCUT2D eigenvalue weighted by molar-refractivity contribution is 5.61. The van der Waals surface area contributed by atoms with Gasteiger partial charge in [-0.15, -0.1) is 10.2 Å². The minimum Gasteiger partial charge on any atom is -0.494 e. The van der Waals surface area contributed by atoms with Crippen LogP contribution in [0.1, 0.15) is 19.3 Å². The maximum Gasteiger partial charge on any atom is 0.168 e. The predicted octanol–water partition coefficient (Wildman–Crippen LogP) is 4.71. The van der Waals surface area contributed by atoms with E-state index in [1.54, 1.807) is 18.2 Å². The average Bonchev–Trinajstić information content (AvgIpc) is 3.34. The summed E-state index contributed by atoms with van der Waals surface area (Å²) >= 11 is 0. The van der Waals surface area contributed by atoms with Gasteiger partial charge in [-0.25, -0.2) is 17.6 Å². The van der Waals surface area contributed by atoms with Crippen molar-refractivity contribution < 1.29 is 22.3 Å². The second kappa shape index (κ2) is 9.21. The number of fused-ring (bicyclic) bond motifs is 1. The highest BCUT2D eigenvalue weighted by Crippen LogP contribution is 2.44. The maximum absolute atomic E-state index is 14.2. The van der Waals surface area contributed by atoms with Crippen LogP contribution < -0.4 is 15.4 Å². The van der Waals surface area contributed by atoms with Crippen molar-refractivity contribution in [3.8, 4) is 17.0 Å². The Labute approximate surface area is 194 Å².